The van der Waals surface area contributed by atoms with Crippen LogP contribution in [0.15, 0.2) is 78.9 Å². The third-order valence-corrected chi connectivity index (χ3v) is 4.30. The summed E-state index contributed by atoms with van der Waals surface area (Å²) in [5.74, 6) is 1.29. The van der Waals surface area contributed by atoms with Gasteiger partial charge in [0.15, 0.2) is 6.10 Å². The van der Waals surface area contributed by atoms with Crippen molar-refractivity contribution in [2.24, 2.45) is 0 Å². The van der Waals surface area contributed by atoms with Crippen LogP contribution in [0, 0.1) is 6.92 Å². The van der Waals surface area contributed by atoms with E-state index < -0.39 is 6.10 Å². The number of anilines is 1. The molecule has 4 nitrogen and oxygen atoms in total. The van der Waals surface area contributed by atoms with E-state index in [-0.39, 0.29) is 5.91 Å². The molecule has 0 bridgehead atoms. The number of hydrogen-bond acceptors (Lipinski definition) is 3. The van der Waals surface area contributed by atoms with Gasteiger partial charge in [-0.1, -0.05) is 49.4 Å². The van der Waals surface area contributed by atoms with E-state index in [9.17, 15) is 4.79 Å². The summed E-state index contributed by atoms with van der Waals surface area (Å²) in [5.41, 5.74) is 2.92. The van der Waals surface area contributed by atoms with E-state index in [4.69, 9.17) is 9.47 Å². The van der Waals surface area contributed by atoms with Gasteiger partial charge in [-0.2, -0.15) is 0 Å². The lowest BCUT2D eigenvalue weighted by atomic mass is 10.2. The van der Waals surface area contributed by atoms with Gasteiger partial charge in [0, 0.05) is 5.69 Å². The van der Waals surface area contributed by atoms with E-state index in [0.717, 1.165) is 16.9 Å². The number of nitrogens with one attached hydrogen (secondary N) is 1. The normalized spacial score (nSPS) is 11.5. The van der Waals surface area contributed by atoms with Crippen LogP contribution in [0.4, 0.5) is 5.69 Å². The lowest BCUT2D eigenvalue weighted by molar-refractivity contribution is -0.122. The quantitative estimate of drug-likeness (QED) is 0.576. The second kappa shape index (κ2) is 9.60. The van der Waals surface area contributed by atoms with Crippen LogP contribution in [-0.2, 0) is 11.4 Å². The first-order valence-corrected chi connectivity index (χ1v) is 9.45. The lowest BCUT2D eigenvalue weighted by Crippen LogP contribution is -2.32. The topological polar surface area (TPSA) is 47.6 Å². The van der Waals surface area contributed by atoms with E-state index in [1.54, 1.807) is 0 Å². The zero-order valence-electron chi connectivity index (χ0n) is 16.2. The molecule has 0 saturated carbocycles. The van der Waals surface area contributed by atoms with Crippen LogP contribution >= 0.6 is 0 Å². The fourth-order valence-corrected chi connectivity index (χ4v) is 2.77. The Morgan fingerprint density at radius 1 is 0.929 bits per heavy atom. The number of benzene rings is 3. The molecule has 0 fully saturated rings. The smallest absolute Gasteiger partial charge is 0.265 e. The molecule has 0 unspecified atom stereocenters. The van der Waals surface area contributed by atoms with Gasteiger partial charge in [-0.3, -0.25) is 4.79 Å². The zero-order chi connectivity index (χ0) is 19.8. The van der Waals surface area contributed by atoms with Gasteiger partial charge in [0.25, 0.3) is 5.91 Å². The standard InChI is InChI=1S/C24H25NO3/c1-3-23(28-22-11-7-8-18(2)16-22)24(26)25-20-12-14-21(15-13-20)27-17-19-9-5-4-6-10-19/h4-16,23H,3,17H2,1-2H3,(H,25,26)/t23-/m0/s1. The second-order valence-electron chi connectivity index (χ2n) is 6.62. The minimum atomic E-state index is -0.546. The van der Waals surface area contributed by atoms with Gasteiger partial charge >= 0.3 is 0 Å². The van der Waals surface area contributed by atoms with E-state index in [2.05, 4.69) is 5.32 Å². The Hall–Kier alpha value is -3.27. The predicted molar refractivity (Wildman–Crippen MR) is 112 cm³/mol. The van der Waals surface area contributed by atoms with Gasteiger partial charge in [0.05, 0.1) is 0 Å². The number of ether oxygens (including phenoxy) is 2. The third kappa shape index (κ3) is 5.61. The molecule has 1 amide bonds. The maximum absolute atomic E-state index is 12.6. The van der Waals surface area contributed by atoms with Gasteiger partial charge in [0.1, 0.15) is 18.1 Å². The minimum Gasteiger partial charge on any atom is -0.489 e. The summed E-state index contributed by atoms with van der Waals surface area (Å²) < 4.78 is 11.6. The summed E-state index contributed by atoms with van der Waals surface area (Å²) in [6, 6.07) is 25.1. The van der Waals surface area contributed by atoms with Crippen molar-refractivity contribution in [1.82, 2.24) is 0 Å². The van der Waals surface area contributed by atoms with E-state index in [1.807, 2.05) is 92.7 Å². The molecule has 4 heteroatoms. The maximum Gasteiger partial charge on any atom is 0.265 e. The molecule has 0 radical (unpaired) electrons. The molecule has 0 heterocycles. The molecule has 0 saturated heterocycles. The molecule has 0 aliphatic carbocycles. The number of carbonyl (C=O) groups is 1. The van der Waals surface area contributed by atoms with Crippen molar-refractivity contribution >= 4 is 11.6 Å². The fraction of sp³-hybridized carbons (Fsp3) is 0.208. The van der Waals surface area contributed by atoms with Gasteiger partial charge < -0.3 is 14.8 Å². The molecule has 0 spiro atoms. The lowest BCUT2D eigenvalue weighted by Gasteiger charge is -2.17. The van der Waals surface area contributed by atoms with Crippen LogP contribution in [0.1, 0.15) is 24.5 Å². The Balaban J connectivity index is 1.55. The zero-order valence-corrected chi connectivity index (χ0v) is 16.2. The molecular weight excluding hydrogens is 350 g/mol. The number of aryl methyl sites for hydroxylation is 1. The first-order chi connectivity index (χ1) is 13.6. The largest absolute Gasteiger partial charge is 0.489 e. The van der Waals surface area contributed by atoms with Crippen molar-refractivity contribution in [3.05, 3.63) is 90.0 Å². The second-order valence-corrected chi connectivity index (χ2v) is 6.62. The van der Waals surface area contributed by atoms with Crippen LogP contribution < -0.4 is 14.8 Å². The molecular formula is C24H25NO3. The summed E-state index contributed by atoms with van der Waals surface area (Å²) in [7, 11) is 0. The maximum atomic E-state index is 12.6. The number of carbonyl (C=O) groups excluding carboxylic acids is 1. The van der Waals surface area contributed by atoms with Crippen molar-refractivity contribution in [1.29, 1.82) is 0 Å². The van der Waals surface area contributed by atoms with Crippen LogP contribution in [0.5, 0.6) is 11.5 Å². The van der Waals surface area contributed by atoms with Crippen molar-refractivity contribution in [2.75, 3.05) is 5.32 Å². The van der Waals surface area contributed by atoms with Crippen LogP contribution in [0.25, 0.3) is 0 Å². The molecule has 3 rings (SSSR count). The summed E-state index contributed by atoms with van der Waals surface area (Å²) >= 11 is 0. The highest BCUT2D eigenvalue weighted by Gasteiger charge is 2.18. The molecule has 0 aromatic heterocycles. The Morgan fingerprint density at radius 3 is 2.36 bits per heavy atom. The molecule has 1 N–H and O–H groups in total. The highest BCUT2D eigenvalue weighted by atomic mass is 16.5. The molecule has 3 aromatic rings. The Kier molecular flexibility index (Phi) is 6.68. The highest BCUT2D eigenvalue weighted by Crippen LogP contribution is 2.19. The van der Waals surface area contributed by atoms with Crippen LogP contribution in [0.3, 0.4) is 0 Å². The Bertz CT molecular complexity index is 891. The number of hydrogen-bond donors (Lipinski definition) is 1. The molecule has 0 aliphatic heterocycles. The summed E-state index contributed by atoms with van der Waals surface area (Å²) in [6.07, 6.45) is 0.0358. The molecule has 0 aliphatic rings. The SMILES string of the molecule is CC[C@H](Oc1cccc(C)c1)C(=O)Nc1ccc(OCc2ccccc2)cc1. The van der Waals surface area contributed by atoms with E-state index in [1.165, 1.54) is 0 Å². The molecule has 28 heavy (non-hydrogen) atoms. The monoisotopic (exact) mass is 375 g/mol. The van der Waals surface area contributed by atoms with Crippen molar-refractivity contribution < 1.29 is 14.3 Å². The fourth-order valence-electron chi connectivity index (χ4n) is 2.77. The highest BCUT2D eigenvalue weighted by molar-refractivity contribution is 5.94. The number of amides is 1. The van der Waals surface area contributed by atoms with Crippen molar-refractivity contribution in [3.8, 4) is 11.5 Å². The van der Waals surface area contributed by atoms with Gasteiger partial charge in [0.2, 0.25) is 0 Å². The molecule has 3 aromatic carbocycles. The summed E-state index contributed by atoms with van der Waals surface area (Å²) in [5, 5.41) is 2.91. The first-order valence-electron chi connectivity index (χ1n) is 9.45. The number of rotatable bonds is 8. The first kappa shape index (κ1) is 19.5. The van der Waals surface area contributed by atoms with Crippen molar-refractivity contribution in [2.45, 2.75) is 33.0 Å². The summed E-state index contributed by atoms with van der Waals surface area (Å²) in [4.78, 5) is 12.6. The third-order valence-electron chi connectivity index (χ3n) is 4.30. The van der Waals surface area contributed by atoms with E-state index >= 15 is 0 Å². The van der Waals surface area contributed by atoms with Crippen molar-refractivity contribution in [3.63, 3.8) is 0 Å². The average Bonchev–Trinajstić information content (AvgIpc) is 2.72. The minimum absolute atomic E-state index is 0.165. The van der Waals surface area contributed by atoms with E-state index in [0.29, 0.717) is 24.5 Å². The van der Waals surface area contributed by atoms with Gasteiger partial charge in [-0.25, -0.2) is 0 Å². The van der Waals surface area contributed by atoms with Crippen LogP contribution in [-0.4, -0.2) is 12.0 Å². The molecule has 1 atom stereocenters. The predicted octanol–water partition coefficient (Wildman–Crippen LogP) is 5.37. The van der Waals surface area contributed by atoms with Gasteiger partial charge in [-0.15, -0.1) is 0 Å². The Labute approximate surface area is 166 Å². The Morgan fingerprint density at radius 2 is 1.68 bits per heavy atom. The van der Waals surface area contributed by atoms with Gasteiger partial charge in [-0.05, 0) is 60.9 Å². The summed E-state index contributed by atoms with van der Waals surface area (Å²) in [6.45, 7) is 4.44. The average molecular weight is 375 g/mol. The van der Waals surface area contributed by atoms with Crippen LogP contribution in [0.2, 0.25) is 0 Å². The molecule has 144 valence electrons.